The fourth-order valence-electron chi connectivity index (χ4n) is 1.05. The standard InChI is InChI=1S/C9H9ClO2/c1-2-6-4-3-5-7(11)8(10)9(6)12/h4-6,8H,2H2,1H3. The van der Waals surface area contributed by atoms with Crippen molar-refractivity contribution in [2.75, 3.05) is 0 Å². The monoisotopic (exact) mass is 184 g/mol. The maximum absolute atomic E-state index is 11.3. The molecule has 0 aromatic rings. The van der Waals surface area contributed by atoms with Gasteiger partial charge >= 0.3 is 0 Å². The molecule has 1 aliphatic carbocycles. The molecule has 12 heavy (non-hydrogen) atoms. The van der Waals surface area contributed by atoms with Crippen molar-refractivity contribution in [3.63, 3.8) is 0 Å². The van der Waals surface area contributed by atoms with Gasteiger partial charge in [0.05, 0.1) is 0 Å². The van der Waals surface area contributed by atoms with Crippen LogP contribution in [0.4, 0.5) is 0 Å². The summed E-state index contributed by atoms with van der Waals surface area (Å²) in [4.78, 5) is 22.3. The minimum atomic E-state index is -1.01. The molecule has 2 nitrogen and oxygen atoms in total. The number of carbonyl (C=O) groups is 2. The van der Waals surface area contributed by atoms with Crippen molar-refractivity contribution in [3.05, 3.63) is 17.9 Å². The zero-order chi connectivity index (χ0) is 9.14. The van der Waals surface area contributed by atoms with Crippen molar-refractivity contribution in [1.82, 2.24) is 0 Å². The Bertz CT molecular complexity index is 274. The molecule has 0 amide bonds. The molecular weight excluding hydrogens is 176 g/mol. The first-order valence-electron chi connectivity index (χ1n) is 3.81. The third-order valence-corrected chi connectivity index (χ3v) is 2.26. The summed E-state index contributed by atoms with van der Waals surface area (Å²) in [5.74, 6) is -0.838. The van der Waals surface area contributed by atoms with Gasteiger partial charge < -0.3 is 0 Å². The average molecular weight is 185 g/mol. The van der Waals surface area contributed by atoms with Crippen LogP contribution in [0.3, 0.4) is 0 Å². The van der Waals surface area contributed by atoms with Crippen LogP contribution in [0.15, 0.2) is 17.9 Å². The number of halogens is 1. The van der Waals surface area contributed by atoms with E-state index in [0.29, 0.717) is 6.42 Å². The fraction of sp³-hybridized carbons (Fsp3) is 0.444. The van der Waals surface area contributed by atoms with Gasteiger partial charge in [-0.15, -0.1) is 17.3 Å². The van der Waals surface area contributed by atoms with Gasteiger partial charge in [0.15, 0.2) is 16.9 Å². The quantitative estimate of drug-likeness (QED) is 0.352. The molecule has 0 spiro atoms. The molecule has 64 valence electrons. The van der Waals surface area contributed by atoms with E-state index in [1.54, 1.807) is 6.08 Å². The van der Waals surface area contributed by atoms with Crippen LogP contribution in [0, 0.1) is 5.92 Å². The zero-order valence-electron chi connectivity index (χ0n) is 6.71. The Kier molecular flexibility index (Phi) is 2.85. The Balaban J connectivity index is 2.94. The Morgan fingerprint density at radius 3 is 2.83 bits per heavy atom. The van der Waals surface area contributed by atoms with Gasteiger partial charge in [0.25, 0.3) is 0 Å². The van der Waals surface area contributed by atoms with Crippen molar-refractivity contribution in [3.8, 4) is 0 Å². The molecule has 0 fully saturated rings. The van der Waals surface area contributed by atoms with E-state index in [1.807, 2.05) is 6.92 Å². The highest BCUT2D eigenvalue weighted by Gasteiger charge is 2.28. The summed E-state index contributed by atoms with van der Waals surface area (Å²) in [5, 5.41) is -1.01. The zero-order valence-corrected chi connectivity index (χ0v) is 7.47. The van der Waals surface area contributed by atoms with Crippen LogP contribution in [-0.4, -0.2) is 16.9 Å². The second kappa shape index (κ2) is 3.70. The molecule has 2 atom stereocenters. The molecule has 0 N–H and O–H groups in total. The molecule has 0 saturated heterocycles. The lowest BCUT2D eigenvalue weighted by Crippen LogP contribution is -2.27. The number of hydrogen-bond acceptors (Lipinski definition) is 2. The van der Waals surface area contributed by atoms with Crippen molar-refractivity contribution in [2.24, 2.45) is 5.92 Å². The lowest BCUT2D eigenvalue weighted by Gasteiger charge is -2.08. The Morgan fingerprint density at radius 1 is 1.58 bits per heavy atom. The van der Waals surface area contributed by atoms with Gasteiger partial charge in [-0.25, -0.2) is 0 Å². The Hall–Kier alpha value is -0.850. The summed E-state index contributed by atoms with van der Waals surface area (Å²) < 4.78 is 0. The minimum absolute atomic E-state index is 0.217. The largest absolute Gasteiger partial charge is 0.297 e. The third-order valence-electron chi connectivity index (χ3n) is 1.83. The number of alkyl halides is 1. The van der Waals surface area contributed by atoms with E-state index in [0.717, 1.165) is 0 Å². The predicted molar refractivity (Wildman–Crippen MR) is 46.1 cm³/mol. The maximum Gasteiger partial charge on any atom is 0.188 e. The molecule has 0 radical (unpaired) electrons. The van der Waals surface area contributed by atoms with Crippen molar-refractivity contribution in [2.45, 2.75) is 18.7 Å². The van der Waals surface area contributed by atoms with Crippen LogP contribution < -0.4 is 0 Å². The minimum Gasteiger partial charge on any atom is -0.297 e. The van der Waals surface area contributed by atoms with Gasteiger partial charge in [-0.2, -0.15) is 0 Å². The summed E-state index contributed by atoms with van der Waals surface area (Å²) in [7, 11) is 0. The van der Waals surface area contributed by atoms with Gasteiger partial charge in [-0.05, 0) is 12.5 Å². The summed E-state index contributed by atoms with van der Waals surface area (Å²) in [6.07, 6.45) is 3.49. The summed E-state index contributed by atoms with van der Waals surface area (Å²) in [5.41, 5.74) is 2.65. The highest BCUT2D eigenvalue weighted by Crippen LogP contribution is 2.15. The molecule has 0 heterocycles. The molecule has 0 aliphatic heterocycles. The van der Waals surface area contributed by atoms with Gasteiger partial charge in [-0.1, -0.05) is 6.92 Å². The number of allylic oxidation sites excluding steroid dienone is 1. The fourth-order valence-corrected chi connectivity index (χ4v) is 1.27. The second-order valence-electron chi connectivity index (χ2n) is 2.66. The Labute approximate surface area is 75.9 Å². The molecular formula is C9H9ClO2. The van der Waals surface area contributed by atoms with E-state index in [4.69, 9.17) is 11.6 Å². The number of hydrogen-bond donors (Lipinski definition) is 0. The van der Waals surface area contributed by atoms with E-state index >= 15 is 0 Å². The molecule has 0 bridgehead atoms. The smallest absolute Gasteiger partial charge is 0.188 e. The van der Waals surface area contributed by atoms with Gasteiger partial charge in [0, 0.05) is 12.0 Å². The van der Waals surface area contributed by atoms with E-state index in [-0.39, 0.29) is 17.5 Å². The van der Waals surface area contributed by atoms with Crippen molar-refractivity contribution < 1.29 is 9.59 Å². The first kappa shape index (κ1) is 9.24. The number of ketones is 2. The topological polar surface area (TPSA) is 34.1 Å². The van der Waals surface area contributed by atoms with Gasteiger partial charge in [0.2, 0.25) is 0 Å². The number of carbonyl (C=O) groups excluding carboxylic acids is 2. The first-order valence-corrected chi connectivity index (χ1v) is 4.24. The Morgan fingerprint density at radius 2 is 2.25 bits per heavy atom. The lowest BCUT2D eigenvalue weighted by molar-refractivity contribution is -0.125. The predicted octanol–water partition coefficient (Wildman–Crippen LogP) is 1.48. The van der Waals surface area contributed by atoms with E-state index in [9.17, 15) is 9.59 Å². The van der Waals surface area contributed by atoms with E-state index in [1.165, 1.54) is 6.08 Å². The van der Waals surface area contributed by atoms with Crippen molar-refractivity contribution in [1.29, 1.82) is 0 Å². The van der Waals surface area contributed by atoms with Gasteiger partial charge in [-0.3, -0.25) is 9.59 Å². The highest BCUT2D eigenvalue weighted by molar-refractivity contribution is 6.44. The first-order chi connectivity index (χ1) is 5.66. The highest BCUT2D eigenvalue weighted by atomic mass is 35.5. The third kappa shape index (κ3) is 1.66. The molecule has 0 aromatic heterocycles. The molecule has 0 aromatic carbocycles. The van der Waals surface area contributed by atoms with E-state index in [2.05, 4.69) is 5.73 Å². The molecule has 1 aliphatic rings. The normalized spacial score (nSPS) is 29.2. The van der Waals surface area contributed by atoms with Crippen LogP contribution in [0.2, 0.25) is 0 Å². The van der Waals surface area contributed by atoms with E-state index < -0.39 is 5.38 Å². The maximum atomic E-state index is 11.3. The van der Waals surface area contributed by atoms with Crippen LogP contribution >= 0.6 is 11.6 Å². The van der Waals surface area contributed by atoms with Crippen LogP contribution in [0.5, 0.6) is 0 Å². The van der Waals surface area contributed by atoms with Crippen LogP contribution in [0.1, 0.15) is 13.3 Å². The molecule has 2 unspecified atom stereocenters. The second-order valence-corrected chi connectivity index (χ2v) is 3.10. The SMILES string of the molecule is CCC1C=C=CC(=O)C(Cl)C1=O. The van der Waals surface area contributed by atoms with Gasteiger partial charge in [0.1, 0.15) is 0 Å². The summed E-state index contributed by atoms with van der Waals surface area (Å²) in [6.45, 7) is 1.88. The lowest BCUT2D eigenvalue weighted by atomic mass is 9.99. The molecule has 3 heteroatoms. The number of Topliss-reactive ketones (excluding diaryl/α,β-unsaturated/α-hetero) is 1. The number of rotatable bonds is 1. The summed E-state index contributed by atoms with van der Waals surface area (Å²) in [6, 6.07) is 0. The molecule has 1 rings (SSSR count). The van der Waals surface area contributed by atoms with Crippen LogP contribution in [-0.2, 0) is 9.59 Å². The van der Waals surface area contributed by atoms with Crippen LogP contribution in [0.25, 0.3) is 0 Å². The molecule has 0 saturated carbocycles. The average Bonchev–Trinajstić information content (AvgIpc) is 2.19. The summed E-state index contributed by atoms with van der Waals surface area (Å²) >= 11 is 5.61. The van der Waals surface area contributed by atoms with Crippen molar-refractivity contribution >= 4 is 23.2 Å².